The Morgan fingerprint density at radius 1 is 1.09 bits per heavy atom. The van der Waals surface area contributed by atoms with Crippen molar-refractivity contribution in [3.63, 3.8) is 0 Å². The first-order valence-electron chi connectivity index (χ1n) is 11.0. The number of nitrogens with one attached hydrogen (secondary N) is 1. The molecule has 2 aliphatic heterocycles. The average Bonchev–Trinajstić information content (AvgIpc) is 2.87. The zero-order chi connectivity index (χ0) is 22.6. The molecule has 33 heavy (non-hydrogen) atoms. The number of aromatic nitrogens is 2. The van der Waals surface area contributed by atoms with Crippen LogP contribution in [0.5, 0.6) is 23.0 Å². The minimum atomic E-state index is 0.000332. The van der Waals surface area contributed by atoms with Crippen molar-refractivity contribution in [3.05, 3.63) is 47.4 Å². The maximum atomic E-state index is 6.38. The van der Waals surface area contributed by atoms with E-state index in [4.69, 9.17) is 35.3 Å². The molecule has 8 nitrogen and oxygen atoms in total. The van der Waals surface area contributed by atoms with Crippen molar-refractivity contribution in [1.82, 2.24) is 15.3 Å². The van der Waals surface area contributed by atoms with Crippen LogP contribution in [0.1, 0.15) is 18.5 Å². The third-order valence-corrected chi connectivity index (χ3v) is 6.09. The Morgan fingerprint density at radius 3 is 2.79 bits per heavy atom. The number of nitrogens with zero attached hydrogens (tertiary/aromatic N) is 2. The molecular weight excluding hydrogens is 446 g/mol. The smallest absolute Gasteiger partial charge is 0.179 e. The maximum absolute atomic E-state index is 6.38. The van der Waals surface area contributed by atoms with Gasteiger partial charge >= 0.3 is 0 Å². The summed E-state index contributed by atoms with van der Waals surface area (Å²) in [4.78, 5) is 8.81. The summed E-state index contributed by atoms with van der Waals surface area (Å²) < 4.78 is 28.6. The first kappa shape index (κ1) is 22.0. The molecule has 2 aromatic heterocycles. The van der Waals surface area contributed by atoms with Crippen LogP contribution in [0.15, 0.2) is 36.7 Å². The van der Waals surface area contributed by atoms with Gasteiger partial charge in [-0.1, -0.05) is 11.6 Å². The van der Waals surface area contributed by atoms with E-state index in [2.05, 4.69) is 15.3 Å². The minimum absolute atomic E-state index is 0.000332. The van der Waals surface area contributed by atoms with Crippen LogP contribution in [0.25, 0.3) is 10.9 Å². The molecule has 0 saturated carbocycles. The second kappa shape index (κ2) is 9.99. The molecule has 0 bridgehead atoms. The standard InChI is InChI=1S/C24H26ClN3O5/c1-29-17-4-5-21-19(9-17)24(20(25)11-28-21)33-14-18-3-2-15(13-32-18)26-10-16-8-22-23(12-27-16)31-7-6-30-22/h4-5,8-9,11-12,15,18,26H,2-3,6-7,10,13-14H2,1H3. The molecule has 2 unspecified atom stereocenters. The quantitative estimate of drug-likeness (QED) is 0.557. The Balaban J connectivity index is 1.13. The monoisotopic (exact) mass is 471 g/mol. The molecule has 4 heterocycles. The summed E-state index contributed by atoms with van der Waals surface area (Å²) in [5.41, 5.74) is 1.72. The van der Waals surface area contributed by atoms with Crippen molar-refractivity contribution in [2.75, 3.05) is 33.5 Å². The summed E-state index contributed by atoms with van der Waals surface area (Å²) in [5, 5.41) is 4.81. The summed E-state index contributed by atoms with van der Waals surface area (Å²) in [5.74, 6) is 2.79. The maximum Gasteiger partial charge on any atom is 0.179 e. The Kier molecular flexibility index (Phi) is 6.66. The largest absolute Gasteiger partial charge is 0.497 e. The van der Waals surface area contributed by atoms with Crippen LogP contribution in [0, 0.1) is 0 Å². The molecule has 0 spiro atoms. The van der Waals surface area contributed by atoms with Crippen molar-refractivity contribution in [3.8, 4) is 23.0 Å². The normalized spacial score (nSPS) is 19.9. The van der Waals surface area contributed by atoms with Gasteiger partial charge in [-0.3, -0.25) is 9.97 Å². The molecule has 0 aliphatic carbocycles. The Morgan fingerprint density at radius 2 is 1.97 bits per heavy atom. The zero-order valence-corrected chi connectivity index (χ0v) is 19.1. The van der Waals surface area contributed by atoms with E-state index in [1.165, 1.54) is 0 Å². The molecule has 0 radical (unpaired) electrons. The van der Waals surface area contributed by atoms with Gasteiger partial charge < -0.3 is 29.0 Å². The highest BCUT2D eigenvalue weighted by Gasteiger charge is 2.23. The Hall–Kier alpha value is -2.81. The second-order valence-electron chi connectivity index (χ2n) is 8.06. The van der Waals surface area contributed by atoms with Gasteiger partial charge in [0, 0.05) is 30.2 Å². The van der Waals surface area contributed by atoms with Crippen LogP contribution in [-0.2, 0) is 11.3 Å². The fraction of sp³-hybridized carbons (Fsp3) is 0.417. The molecule has 3 aromatic rings. The van der Waals surface area contributed by atoms with Gasteiger partial charge in [0.15, 0.2) is 11.5 Å². The number of hydrogen-bond acceptors (Lipinski definition) is 8. The number of halogens is 1. The summed E-state index contributed by atoms with van der Waals surface area (Å²) in [6, 6.07) is 7.83. The number of rotatable bonds is 7. The highest BCUT2D eigenvalue weighted by molar-refractivity contribution is 6.33. The Labute approximate surface area is 197 Å². The van der Waals surface area contributed by atoms with E-state index >= 15 is 0 Å². The van der Waals surface area contributed by atoms with Gasteiger partial charge in [-0.15, -0.1) is 0 Å². The first-order valence-corrected chi connectivity index (χ1v) is 11.4. The van der Waals surface area contributed by atoms with Gasteiger partial charge in [0.25, 0.3) is 0 Å². The van der Waals surface area contributed by atoms with Gasteiger partial charge in [0.05, 0.1) is 37.2 Å². The van der Waals surface area contributed by atoms with Crippen LogP contribution in [0.2, 0.25) is 5.02 Å². The van der Waals surface area contributed by atoms with Crippen LogP contribution in [0.4, 0.5) is 0 Å². The van der Waals surface area contributed by atoms with Crippen molar-refractivity contribution >= 4 is 22.5 Å². The molecule has 2 aliphatic rings. The summed E-state index contributed by atoms with van der Waals surface area (Å²) in [6.45, 7) is 2.81. The summed E-state index contributed by atoms with van der Waals surface area (Å²) in [7, 11) is 1.63. The number of pyridine rings is 2. The number of hydrogen-bond donors (Lipinski definition) is 1. The van der Waals surface area contributed by atoms with Crippen LogP contribution >= 0.6 is 11.6 Å². The van der Waals surface area contributed by atoms with Crippen LogP contribution < -0.4 is 24.3 Å². The fourth-order valence-corrected chi connectivity index (χ4v) is 4.21. The lowest BCUT2D eigenvalue weighted by atomic mass is 10.1. The van der Waals surface area contributed by atoms with Gasteiger partial charge in [-0.2, -0.15) is 0 Å². The molecule has 1 N–H and O–H groups in total. The van der Waals surface area contributed by atoms with E-state index in [0.717, 1.165) is 40.9 Å². The Bertz CT molecular complexity index is 1120. The topological polar surface area (TPSA) is 84.0 Å². The van der Waals surface area contributed by atoms with Crippen LogP contribution in [0.3, 0.4) is 0 Å². The highest BCUT2D eigenvalue weighted by atomic mass is 35.5. The number of ether oxygens (including phenoxy) is 5. The lowest BCUT2D eigenvalue weighted by Gasteiger charge is -2.30. The molecule has 174 valence electrons. The highest BCUT2D eigenvalue weighted by Crippen LogP contribution is 2.34. The zero-order valence-electron chi connectivity index (χ0n) is 18.4. The van der Waals surface area contributed by atoms with Crippen molar-refractivity contribution in [1.29, 1.82) is 0 Å². The van der Waals surface area contributed by atoms with Crippen molar-refractivity contribution < 1.29 is 23.7 Å². The second-order valence-corrected chi connectivity index (χ2v) is 8.47. The van der Waals surface area contributed by atoms with Crippen molar-refractivity contribution in [2.45, 2.75) is 31.5 Å². The lowest BCUT2D eigenvalue weighted by Crippen LogP contribution is -2.41. The first-order chi connectivity index (χ1) is 16.2. The molecule has 0 amide bonds. The lowest BCUT2D eigenvalue weighted by molar-refractivity contribution is -0.0262. The van der Waals surface area contributed by atoms with Crippen LogP contribution in [-0.4, -0.2) is 55.7 Å². The molecular formula is C24H26ClN3O5. The van der Waals surface area contributed by atoms with Gasteiger partial charge in [-0.25, -0.2) is 0 Å². The van der Waals surface area contributed by atoms with E-state index in [1.807, 2.05) is 24.3 Å². The molecule has 1 aromatic carbocycles. The van der Waals surface area contributed by atoms with E-state index in [-0.39, 0.29) is 12.1 Å². The molecule has 5 rings (SSSR count). The SMILES string of the molecule is COc1ccc2ncc(Cl)c(OCC3CCC(NCc4cc5c(cn4)OCCO5)CO3)c2c1. The third-order valence-electron chi connectivity index (χ3n) is 5.82. The number of methoxy groups -OCH3 is 1. The number of fused-ring (bicyclic) bond motifs is 2. The average molecular weight is 472 g/mol. The summed E-state index contributed by atoms with van der Waals surface area (Å²) in [6.07, 6.45) is 5.20. The molecule has 9 heteroatoms. The van der Waals surface area contributed by atoms with Crippen molar-refractivity contribution in [2.24, 2.45) is 0 Å². The van der Waals surface area contributed by atoms with Gasteiger partial charge in [0.1, 0.15) is 36.3 Å². The summed E-state index contributed by atoms with van der Waals surface area (Å²) >= 11 is 6.38. The fourth-order valence-electron chi connectivity index (χ4n) is 4.01. The third kappa shape index (κ3) is 5.08. The molecule has 1 saturated heterocycles. The van der Waals surface area contributed by atoms with Gasteiger partial charge in [-0.05, 0) is 31.0 Å². The molecule has 1 fully saturated rings. The minimum Gasteiger partial charge on any atom is -0.497 e. The predicted octanol–water partition coefficient (Wildman–Crippen LogP) is 3.78. The molecule has 2 atom stereocenters. The van der Waals surface area contributed by atoms with E-state index in [9.17, 15) is 0 Å². The number of benzene rings is 1. The van der Waals surface area contributed by atoms with E-state index in [0.29, 0.717) is 49.5 Å². The van der Waals surface area contributed by atoms with Gasteiger partial charge in [0.2, 0.25) is 0 Å². The van der Waals surface area contributed by atoms with E-state index in [1.54, 1.807) is 19.5 Å². The van der Waals surface area contributed by atoms with E-state index < -0.39 is 0 Å². The predicted molar refractivity (Wildman–Crippen MR) is 124 cm³/mol.